The minimum atomic E-state index is -3.54. The molecule has 0 saturated carbocycles. The van der Waals surface area contributed by atoms with Crippen LogP contribution >= 0.6 is 0 Å². The number of benzene rings is 6. The van der Waals surface area contributed by atoms with E-state index < -0.39 is 36.9 Å². The monoisotopic (exact) mass is 825 g/mol. The Bertz CT molecular complexity index is 3240. The molecule has 2 aromatic heterocycles. The highest BCUT2D eigenvalue weighted by molar-refractivity contribution is 5.98. The average molecular weight is 825 g/mol. The molecule has 8 aromatic rings. The summed E-state index contributed by atoms with van der Waals surface area (Å²) in [6.07, 6.45) is 1.63. The fourth-order valence-electron chi connectivity index (χ4n) is 8.17. The van der Waals surface area contributed by atoms with E-state index in [1.807, 2.05) is 108 Å². The number of phenolic OH excluding ortho intramolecular Hbond substituents is 1. The van der Waals surface area contributed by atoms with Gasteiger partial charge in [-0.25, -0.2) is 4.98 Å². The van der Waals surface area contributed by atoms with Gasteiger partial charge in [-0.2, -0.15) is 0 Å². The van der Waals surface area contributed by atoms with Crippen molar-refractivity contribution in [2.45, 2.75) is 105 Å². The molecular weight excluding hydrogens is 755 g/mol. The number of nitrogens with zero attached hydrogens (tertiary/aromatic N) is 3. The number of hydrogen-bond acceptors (Lipinski definition) is 3. The quantitative estimate of drug-likeness (QED) is 0.182. The molecule has 0 aliphatic rings. The predicted octanol–water partition coefficient (Wildman–Crippen LogP) is 15.7. The summed E-state index contributed by atoms with van der Waals surface area (Å²) in [5, 5.41) is 12.5. The molecule has 8 rings (SSSR count). The zero-order chi connectivity index (χ0) is 51.9. The van der Waals surface area contributed by atoms with Crippen molar-refractivity contribution >= 4 is 11.0 Å². The molecule has 62 heavy (non-hydrogen) atoms. The number of pyridine rings is 1. The Morgan fingerprint density at radius 3 is 1.81 bits per heavy atom. The van der Waals surface area contributed by atoms with Gasteiger partial charge in [0.2, 0.25) is 0 Å². The molecule has 0 spiro atoms. The van der Waals surface area contributed by atoms with Gasteiger partial charge < -0.3 is 5.11 Å². The largest absolute Gasteiger partial charge is 0.507 e. The third kappa shape index (κ3) is 8.23. The van der Waals surface area contributed by atoms with Crippen LogP contribution in [0.15, 0.2) is 146 Å². The summed E-state index contributed by atoms with van der Waals surface area (Å²) >= 11 is 0. The van der Waals surface area contributed by atoms with Crippen LogP contribution < -0.4 is 0 Å². The normalized spacial score (nSPS) is 15.3. The molecule has 4 heteroatoms. The summed E-state index contributed by atoms with van der Waals surface area (Å²) in [4.78, 5) is 10.2. The third-order valence-electron chi connectivity index (χ3n) is 11.8. The van der Waals surface area contributed by atoms with E-state index in [-0.39, 0.29) is 16.6 Å². The molecule has 0 radical (unpaired) electrons. The number of aromatic nitrogens is 3. The topological polar surface area (TPSA) is 50.9 Å². The standard InChI is InChI=1S/C58H61N3O/c1-55(2,3)42-27-25-37(26-28-42)39-29-30-59-49(34-39)41-31-40(32-43(33-41)56(4,5)6)46-22-18-24-51-52(46)60-54(47-35-44(57(7,8)9)36-48(53(47)62)58(10,11)12)61(51)50-23-17-16-21-45(50)38-19-14-13-15-20-38/h13-36,62H,1-12H3/i4D3,5D3,6D3. The fraction of sp³-hybridized carbons (Fsp3) is 0.276. The average Bonchev–Trinajstić information content (AvgIpc) is 3.66. The smallest absolute Gasteiger partial charge is 0.149 e. The number of rotatable bonds is 6. The number of imidazole rings is 1. The van der Waals surface area contributed by atoms with Gasteiger partial charge in [-0.1, -0.05) is 180 Å². The van der Waals surface area contributed by atoms with Crippen LogP contribution in [0.5, 0.6) is 5.75 Å². The molecule has 0 aliphatic carbocycles. The van der Waals surface area contributed by atoms with Crippen LogP contribution in [0, 0.1) is 0 Å². The molecule has 0 fully saturated rings. The molecule has 0 bridgehead atoms. The van der Waals surface area contributed by atoms with Gasteiger partial charge in [0.1, 0.15) is 11.6 Å². The maximum absolute atomic E-state index is 12.5. The Labute approximate surface area is 382 Å². The first-order chi connectivity index (χ1) is 32.9. The van der Waals surface area contributed by atoms with Crippen molar-refractivity contribution in [2.24, 2.45) is 0 Å². The summed E-state index contributed by atoms with van der Waals surface area (Å²) in [6, 6.07) is 43.9. The highest BCUT2D eigenvalue weighted by atomic mass is 16.3. The molecular formula is C58H61N3O. The minimum Gasteiger partial charge on any atom is -0.507 e. The van der Waals surface area contributed by atoms with E-state index in [0.29, 0.717) is 44.8 Å². The second-order valence-electron chi connectivity index (χ2n) is 19.6. The van der Waals surface area contributed by atoms with Crippen molar-refractivity contribution in [3.63, 3.8) is 0 Å². The number of fused-ring (bicyclic) bond motifs is 1. The Hall–Kier alpha value is -6.26. The lowest BCUT2D eigenvalue weighted by atomic mass is 9.79. The van der Waals surface area contributed by atoms with Gasteiger partial charge in [0.05, 0.1) is 28.0 Å². The Morgan fingerprint density at radius 2 is 1.13 bits per heavy atom. The summed E-state index contributed by atoms with van der Waals surface area (Å²) < 4.78 is 81.1. The zero-order valence-corrected chi connectivity index (χ0v) is 37.1. The Morgan fingerprint density at radius 1 is 0.484 bits per heavy atom. The molecule has 0 unspecified atom stereocenters. The van der Waals surface area contributed by atoms with Crippen molar-refractivity contribution in [2.75, 3.05) is 0 Å². The first-order valence-electron chi connectivity index (χ1n) is 25.7. The third-order valence-corrected chi connectivity index (χ3v) is 11.8. The van der Waals surface area contributed by atoms with E-state index in [9.17, 15) is 5.11 Å². The number of hydrogen-bond donors (Lipinski definition) is 1. The lowest BCUT2D eigenvalue weighted by Gasteiger charge is -2.27. The second kappa shape index (κ2) is 15.6. The first-order valence-corrected chi connectivity index (χ1v) is 21.2. The van der Waals surface area contributed by atoms with Gasteiger partial charge in [0, 0.05) is 40.8 Å². The molecule has 314 valence electrons. The van der Waals surface area contributed by atoms with E-state index >= 15 is 0 Å². The first kappa shape index (κ1) is 32.5. The molecule has 0 aliphatic heterocycles. The van der Waals surface area contributed by atoms with E-state index in [2.05, 4.69) is 80.5 Å². The summed E-state index contributed by atoms with van der Waals surface area (Å²) in [5.41, 5.74) is 5.58. The van der Waals surface area contributed by atoms with Crippen molar-refractivity contribution in [3.8, 4) is 67.5 Å². The number of phenols is 1. The van der Waals surface area contributed by atoms with Gasteiger partial charge in [-0.3, -0.25) is 9.55 Å². The van der Waals surface area contributed by atoms with Crippen LogP contribution in [0.1, 0.15) is 117 Å². The summed E-state index contributed by atoms with van der Waals surface area (Å²) in [7, 11) is 0. The van der Waals surface area contributed by atoms with Crippen LogP contribution in [0.3, 0.4) is 0 Å². The van der Waals surface area contributed by atoms with E-state index in [1.54, 1.807) is 12.3 Å². The molecule has 2 heterocycles. The van der Waals surface area contributed by atoms with Crippen LogP contribution in [0.2, 0.25) is 0 Å². The minimum absolute atomic E-state index is 0.0712. The van der Waals surface area contributed by atoms with E-state index in [0.717, 1.165) is 44.6 Å². The van der Waals surface area contributed by atoms with Gasteiger partial charge in [-0.05, 0) is 103 Å². The van der Waals surface area contributed by atoms with Gasteiger partial charge in [0.15, 0.2) is 0 Å². The Balaban J connectivity index is 1.49. The summed E-state index contributed by atoms with van der Waals surface area (Å²) in [5.74, 6) is 0.497. The van der Waals surface area contributed by atoms with Crippen molar-refractivity contribution in [3.05, 3.63) is 168 Å². The SMILES string of the molecule is [2H]C([2H])([2H])C(c1cc(-c2cc(-c3ccc(C(C)(C)C)cc3)ccn2)cc(-c2cccc3c2nc(-c2cc(C(C)(C)C)cc(C(C)(C)C)c2O)n3-c2ccccc2-c2ccccc2)c1)(C([2H])([2H])[2H])C([2H])([2H])[2H]. The van der Waals surface area contributed by atoms with Crippen LogP contribution in [-0.4, -0.2) is 19.6 Å². The van der Waals surface area contributed by atoms with E-state index in [4.69, 9.17) is 22.3 Å². The highest BCUT2D eigenvalue weighted by Crippen LogP contribution is 2.46. The van der Waals surface area contributed by atoms with Crippen LogP contribution in [-0.2, 0) is 21.7 Å². The predicted molar refractivity (Wildman–Crippen MR) is 263 cm³/mol. The highest BCUT2D eigenvalue weighted by Gasteiger charge is 2.29. The van der Waals surface area contributed by atoms with Crippen molar-refractivity contribution < 1.29 is 17.4 Å². The lowest BCUT2D eigenvalue weighted by Crippen LogP contribution is -2.17. The van der Waals surface area contributed by atoms with Gasteiger partial charge in [-0.15, -0.1) is 0 Å². The fourth-order valence-corrected chi connectivity index (χ4v) is 8.17. The lowest BCUT2D eigenvalue weighted by molar-refractivity contribution is 0.446. The van der Waals surface area contributed by atoms with Crippen molar-refractivity contribution in [1.29, 1.82) is 0 Å². The molecule has 0 saturated heterocycles. The van der Waals surface area contributed by atoms with Gasteiger partial charge >= 0.3 is 0 Å². The Kier molecular flexibility index (Phi) is 8.15. The van der Waals surface area contributed by atoms with Crippen molar-refractivity contribution in [1.82, 2.24) is 14.5 Å². The maximum atomic E-state index is 12.5. The molecule has 0 atom stereocenters. The molecule has 0 amide bonds. The molecule has 6 aromatic carbocycles. The second-order valence-corrected chi connectivity index (χ2v) is 19.6. The van der Waals surface area contributed by atoms with E-state index in [1.165, 1.54) is 12.1 Å². The van der Waals surface area contributed by atoms with Crippen LogP contribution in [0.25, 0.3) is 72.7 Å². The molecule has 1 N–H and O–H groups in total. The summed E-state index contributed by atoms with van der Waals surface area (Å²) in [6.45, 7) is 8.35. The number of aromatic hydroxyl groups is 1. The zero-order valence-electron chi connectivity index (χ0n) is 46.1. The molecule has 4 nitrogen and oxygen atoms in total. The number of para-hydroxylation sites is 2. The van der Waals surface area contributed by atoms with Crippen LogP contribution in [0.4, 0.5) is 0 Å². The van der Waals surface area contributed by atoms with Gasteiger partial charge in [0.25, 0.3) is 0 Å². The maximum Gasteiger partial charge on any atom is 0.149 e.